The lowest BCUT2D eigenvalue weighted by Gasteiger charge is -2.15. The van der Waals surface area contributed by atoms with Gasteiger partial charge in [0.05, 0.1) is 12.2 Å². The molecular formula is C8H17NO. The van der Waals surface area contributed by atoms with E-state index in [0.717, 1.165) is 6.54 Å². The first-order chi connectivity index (χ1) is 4.68. The van der Waals surface area contributed by atoms with Crippen molar-refractivity contribution in [2.45, 2.75) is 32.0 Å². The molecule has 2 atom stereocenters. The number of nitrogens with zero attached hydrogens (tertiary/aromatic N) is 1. The molecule has 1 saturated heterocycles. The van der Waals surface area contributed by atoms with Gasteiger partial charge in [0.15, 0.2) is 0 Å². The van der Waals surface area contributed by atoms with E-state index in [1.165, 1.54) is 12.8 Å². The first-order valence-corrected chi connectivity index (χ1v) is 3.98. The van der Waals surface area contributed by atoms with Gasteiger partial charge in [-0.2, -0.15) is 0 Å². The van der Waals surface area contributed by atoms with E-state index in [4.69, 9.17) is 4.74 Å². The Labute approximate surface area is 63.2 Å². The van der Waals surface area contributed by atoms with E-state index in [9.17, 15) is 0 Å². The van der Waals surface area contributed by atoms with Crippen LogP contribution in [0.4, 0.5) is 0 Å². The minimum absolute atomic E-state index is 0.491. The van der Waals surface area contributed by atoms with Gasteiger partial charge in [-0.05, 0) is 33.9 Å². The van der Waals surface area contributed by atoms with Gasteiger partial charge in [-0.1, -0.05) is 0 Å². The van der Waals surface area contributed by atoms with Crippen molar-refractivity contribution in [3.63, 3.8) is 0 Å². The maximum Gasteiger partial charge on any atom is 0.0706 e. The van der Waals surface area contributed by atoms with Crippen molar-refractivity contribution >= 4 is 0 Å². The molecule has 60 valence electrons. The number of rotatable bonds is 2. The van der Waals surface area contributed by atoms with Crippen LogP contribution in [0.2, 0.25) is 0 Å². The molecule has 2 nitrogen and oxygen atoms in total. The van der Waals surface area contributed by atoms with Gasteiger partial charge in [0.25, 0.3) is 0 Å². The third-order valence-corrected chi connectivity index (χ3v) is 1.89. The van der Waals surface area contributed by atoms with E-state index < -0.39 is 0 Å². The van der Waals surface area contributed by atoms with Crippen LogP contribution in [0.15, 0.2) is 0 Å². The second-order valence-corrected chi connectivity index (χ2v) is 3.41. The van der Waals surface area contributed by atoms with E-state index >= 15 is 0 Å². The van der Waals surface area contributed by atoms with E-state index in [2.05, 4.69) is 25.9 Å². The predicted octanol–water partition coefficient (Wildman–Crippen LogP) is 1.12. The Bertz CT molecular complexity index is 103. The summed E-state index contributed by atoms with van der Waals surface area (Å²) in [7, 11) is 4.18. The van der Waals surface area contributed by atoms with Crippen LogP contribution in [-0.2, 0) is 4.74 Å². The molecule has 1 aliphatic heterocycles. The fourth-order valence-corrected chi connectivity index (χ4v) is 1.43. The Hall–Kier alpha value is -0.0800. The highest BCUT2D eigenvalue weighted by Gasteiger charge is 2.21. The first kappa shape index (κ1) is 8.02. The summed E-state index contributed by atoms with van der Waals surface area (Å²) in [4.78, 5) is 2.18. The fourth-order valence-electron chi connectivity index (χ4n) is 1.43. The lowest BCUT2D eigenvalue weighted by molar-refractivity contribution is 0.0407. The van der Waals surface area contributed by atoms with Gasteiger partial charge in [0, 0.05) is 6.54 Å². The number of hydrogen-bond acceptors (Lipinski definition) is 2. The molecule has 0 aromatic heterocycles. The van der Waals surface area contributed by atoms with Crippen LogP contribution in [0.1, 0.15) is 19.8 Å². The highest BCUT2D eigenvalue weighted by Crippen LogP contribution is 2.18. The van der Waals surface area contributed by atoms with Gasteiger partial charge in [0.2, 0.25) is 0 Å². The van der Waals surface area contributed by atoms with E-state index in [1.54, 1.807) is 0 Å². The molecule has 0 spiro atoms. The van der Waals surface area contributed by atoms with Gasteiger partial charge >= 0.3 is 0 Å². The van der Waals surface area contributed by atoms with Gasteiger partial charge in [-0.15, -0.1) is 0 Å². The van der Waals surface area contributed by atoms with E-state index in [0.29, 0.717) is 12.2 Å². The summed E-state index contributed by atoms with van der Waals surface area (Å²) in [6, 6.07) is 0. The maximum atomic E-state index is 5.63. The summed E-state index contributed by atoms with van der Waals surface area (Å²) >= 11 is 0. The second kappa shape index (κ2) is 3.35. The summed E-state index contributed by atoms with van der Waals surface area (Å²) in [5.74, 6) is 0. The second-order valence-electron chi connectivity index (χ2n) is 3.41. The Balaban J connectivity index is 2.18. The molecule has 1 heterocycles. The van der Waals surface area contributed by atoms with Crippen LogP contribution in [0.25, 0.3) is 0 Å². The standard InChI is InChI=1S/C8H17NO/c1-7-4-5-8(10-7)6-9(2)3/h7-8H,4-6H2,1-3H3/t7-,8-/m0/s1. The number of likely N-dealkylation sites (N-methyl/N-ethyl adjacent to an activating group) is 1. The highest BCUT2D eigenvalue weighted by atomic mass is 16.5. The molecule has 1 fully saturated rings. The average Bonchev–Trinajstić information content (AvgIpc) is 2.13. The summed E-state index contributed by atoms with van der Waals surface area (Å²) in [6.07, 6.45) is 3.45. The normalized spacial score (nSPS) is 33.6. The Morgan fingerprint density at radius 3 is 2.50 bits per heavy atom. The average molecular weight is 143 g/mol. The molecule has 0 unspecified atom stereocenters. The molecule has 0 radical (unpaired) electrons. The Morgan fingerprint density at radius 1 is 1.40 bits per heavy atom. The van der Waals surface area contributed by atoms with Crippen molar-refractivity contribution in [1.29, 1.82) is 0 Å². The zero-order valence-corrected chi connectivity index (χ0v) is 7.13. The van der Waals surface area contributed by atoms with E-state index in [1.807, 2.05) is 0 Å². The third kappa shape index (κ3) is 2.27. The van der Waals surface area contributed by atoms with Gasteiger partial charge in [-0.3, -0.25) is 0 Å². The quantitative estimate of drug-likeness (QED) is 0.574. The van der Waals surface area contributed by atoms with Crippen molar-refractivity contribution in [2.75, 3.05) is 20.6 Å². The van der Waals surface area contributed by atoms with Crippen LogP contribution < -0.4 is 0 Å². The number of ether oxygens (including phenoxy) is 1. The molecule has 2 heteroatoms. The van der Waals surface area contributed by atoms with Crippen LogP contribution in [0.3, 0.4) is 0 Å². The fraction of sp³-hybridized carbons (Fsp3) is 1.00. The minimum atomic E-state index is 0.491. The van der Waals surface area contributed by atoms with Crippen molar-refractivity contribution in [2.24, 2.45) is 0 Å². The van der Waals surface area contributed by atoms with Crippen molar-refractivity contribution in [1.82, 2.24) is 4.90 Å². The molecule has 0 aromatic rings. The summed E-state index contributed by atoms with van der Waals surface area (Å²) in [5.41, 5.74) is 0. The minimum Gasteiger partial charge on any atom is -0.374 e. The zero-order valence-electron chi connectivity index (χ0n) is 7.13. The summed E-state index contributed by atoms with van der Waals surface area (Å²) in [6.45, 7) is 3.22. The summed E-state index contributed by atoms with van der Waals surface area (Å²) < 4.78 is 5.63. The van der Waals surface area contributed by atoms with E-state index in [-0.39, 0.29) is 0 Å². The molecule has 0 aliphatic carbocycles. The lowest BCUT2D eigenvalue weighted by atomic mass is 10.2. The third-order valence-electron chi connectivity index (χ3n) is 1.89. The molecule has 1 rings (SSSR count). The SMILES string of the molecule is C[C@H]1CC[C@@H](CN(C)C)O1. The number of hydrogen-bond donors (Lipinski definition) is 0. The molecular weight excluding hydrogens is 126 g/mol. The van der Waals surface area contributed by atoms with Crippen LogP contribution >= 0.6 is 0 Å². The van der Waals surface area contributed by atoms with Crippen LogP contribution in [0.5, 0.6) is 0 Å². The van der Waals surface area contributed by atoms with Crippen LogP contribution in [0, 0.1) is 0 Å². The van der Waals surface area contributed by atoms with Gasteiger partial charge < -0.3 is 9.64 Å². The molecule has 0 amide bonds. The van der Waals surface area contributed by atoms with Crippen LogP contribution in [-0.4, -0.2) is 37.7 Å². The Morgan fingerprint density at radius 2 is 2.10 bits per heavy atom. The monoisotopic (exact) mass is 143 g/mol. The maximum absolute atomic E-state index is 5.63. The van der Waals surface area contributed by atoms with Crippen molar-refractivity contribution in [3.05, 3.63) is 0 Å². The highest BCUT2D eigenvalue weighted by molar-refractivity contribution is 4.71. The lowest BCUT2D eigenvalue weighted by Crippen LogP contribution is -2.25. The van der Waals surface area contributed by atoms with Gasteiger partial charge in [-0.25, -0.2) is 0 Å². The smallest absolute Gasteiger partial charge is 0.0706 e. The molecule has 0 bridgehead atoms. The summed E-state index contributed by atoms with van der Waals surface area (Å²) in [5, 5.41) is 0. The molecule has 10 heavy (non-hydrogen) atoms. The Kier molecular flexibility index (Phi) is 2.69. The molecule has 0 saturated carbocycles. The topological polar surface area (TPSA) is 12.5 Å². The first-order valence-electron chi connectivity index (χ1n) is 3.98. The molecule has 0 aromatic carbocycles. The van der Waals surface area contributed by atoms with Crippen molar-refractivity contribution < 1.29 is 4.74 Å². The van der Waals surface area contributed by atoms with Gasteiger partial charge in [0.1, 0.15) is 0 Å². The predicted molar refractivity (Wildman–Crippen MR) is 42.1 cm³/mol. The molecule has 0 N–H and O–H groups in total. The largest absolute Gasteiger partial charge is 0.374 e. The zero-order chi connectivity index (χ0) is 7.56. The molecule has 1 aliphatic rings. The van der Waals surface area contributed by atoms with Crippen molar-refractivity contribution in [3.8, 4) is 0 Å².